The molecule has 2 aromatic heterocycles. The van der Waals surface area contributed by atoms with Crippen molar-refractivity contribution in [3.63, 3.8) is 0 Å². The molecule has 0 bridgehead atoms. The largest absolute Gasteiger partial charge is 0.366 e. The Bertz CT molecular complexity index is 1560. The number of rotatable bonds is 11. The zero-order valence-corrected chi connectivity index (χ0v) is 24.8. The van der Waals surface area contributed by atoms with E-state index in [0.717, 1.165) is 44.5 Å². The highest BCUT2D eigenvalue weighted by molar-refractivity contribution is 5.80. The summed E-state index contributed by atoms with van der Waals surface area (Å²) in [7, 11) is 0. The minimum atomic E-state index is -0.0450. The summed E-state index contributed by atoms with van der Waals surface area (Å²) in [5.41, 5.74) is 3.33. The third kappa shape index (κ3) is 6.62. The molecule has 3 heterocycles. The molecular weight excluding hydrogens is 514 g/mol. The smallest absolute Gasteiger partial charge is 0.262 e. The van der Waals surface area contributed by atoms with Crippen molar-refractivity contribution in [3.8, 4) is 0 Å². The number of para-hydroxylation sites is 1. The van der Waals surface area contributed by atoms with Crippen molar-refractivity contribution in [2.75, 3.05) is 37.6 Å². The van der Waals surface area contributed by atoms with Crippen LogP contribution in [0, 0.1) is 12.8 Å². The summed E-state index contributed by atoms with van der Waals surface area (Å²) in [5.74, 6) is 1.72. The van der Waals surface area contributed by atoms with Crippen LogP contribution in [0.2, 0.25) is 0 Å². The third-order valence-electron chi connectivity index (χ3n) is 8.10. The minimum absolute atomic E-state index is 0.0109. The van der Waals surface area contributed by atoms with Gasteiger partial charge in [0.25, 0.3) is 5.56 Å². The lowest BCUT2D eigenvalue weighted by Crippen LogP contribution is -2.52. The van der Waals surface area contributed by atoms with E-state index in [-0.39, 0.29) is 11.5 Å². The average Bonchev–Trinajstić information content (AvgIpc) is 3.38. The van der Waals surface area contributed by atoms with Gasteiger partial charge in [0.15, 0.2) is 0 Å². The molecule has 9 heteroatoms. The fourth-order valence-electron chi connectivity index (χ4n) is 5.84. The first-order valence-corrected chi connectivity index (χ1v) is 15.0. The number of hydrogen-bond acceptors (Lipinski definition) is 6. The number of amides is 1. The van der Waals surface area contributed by atoms with Crippen LogP contribution in [0.3, 0.4) is 0 Å². The molecule has 41 heavy (non-hydrogen) atoms. The van der Waals surface area contributed by atoms with E-state index in [1.54, 1.807) is 4.57 Å². The van der Waals surface area contributed by atoms with E-state index >= 15 is 0 Å². The van der Waals surface area contributed by atoms with Crippen LogP contribution in [0.25, 0.3) is 16.7 Å². The van der Waals surface area contributed by atoms with Crippen molar-refractivity contribution < 1.29 is 4.79 Å². The number of nitrogens with one attached hydrogen (secondary N) is 1. The lowest BCUT2D eigenvalue weighted by atomic mass is 10.1. The van der Waals surface area contributed by atoms with Crippen LogP contribution in [-0.2, 0) is 17.8 Å². The molecule has 2 aromatic carbocycles. The Morgan fingerprint density at radius 1 is 1.07 bits per heavy atom. The Morgan fingerprint density at radius 3 is 2.68 bits per heavy atom. The Kier molecular flexibility index (Phi) is 9.03. The summed E-state index contributed by atoms with van der Waals surface area (Å²) in [6.07, 6.45) is 2.58. The number of anilines is 1. The normalized spacial score (nSPS) is 16.2. The van der Waals surface area contributed by atoms with Crippen LogP contribution in [0.15, 0.2) is 53.3 Å². The Balaban J connectivity index is 1.13. The van der Waals surface area contributed by atoms with Crippen molar-refractivity contribution >= 4 is 28.3 Å². The van der Waals surface area contributed by atoms with Crippen LogP contribution >= 0.6 is 0 Å². The maximum atomic E-state index is 13.2. The van der Waals surface area contributed by atoms with Crippen LogP contribution in [0.4, 0.5) is 5.69 Å². The van der Waals surface area contributed by atoms with Gasteiger partial charge in [0.05, 0.1) is 10.9 Å². The number of fused-ring (bicyclic) bond motifs is 3. The topological polar surface area (TPSA) is 87.8 Å². The van der Waals surface area contributed by atoms with Gasteiger partial charge in [-0.1, -0.05) is 38.1 Å². The van der Waals surface area contributed by atoms with Crippen molar-refractivity contribution in [1.82, 2.24) is 29.4 Å². The predicted molar refractivity (Wildman–Crippen MR) is 165 cm³/mol. The first kappa shape index (κ1) is 28.8. The van der Waals surface area contributed by atoms with E-state index in [0.29, 0.717) is 54.9 Å². The third-order valence-corrected chi connectivity index (χ3v) is 8.10. The highest BCUT2D eigenvalue weighted by Crippen LogP contribution is 2.22. The number of nitrogens with zero attached hydrogens (tertiary/aromatic N) is 6. The standard InChI is InChI=1S/C32H43N7O2/c1-23(2)15-18-38-31(41)27-11-5-6-12-28(27)39-29(34-35-32(38)39)13-14-30(40)33-16-8-17-36-19-20-37(25(4)22-36)26-10-7-9-24(3)21-26/h5-7,9-12,21,23,25H,8,13-20,22H2,1-4H3,(H,33,40). The summed E-state index contributed by atoms with van der Waals surface area (Å²) in [5, 5.41) is 12.5. The van der Waals surface area contributed by atoms with E-state index in [4.69, 9.17) is 0 Å². The van der Waals surface area contributed by atoms with Crippen molar-refractivity contribution in [3.05, 3.63) is 70.3 Å². The molecule has 4 aromatic rings. The van der Waals surface area contributed by atoms with Crippen LogP contribution < -0.4 is 15.8 Å². The second-order valence-corrected chi connectivity index (χ2v) is 11.8. The van der Waals surface area contributed by atoms with Gasteiger partial charge in [-0.2, -0.15) is 0 Å². The molecule has 0 radical (unpaired) electrons. The first-order chi connectivity index (χ1) is 19.8. The molecule has 1 saturated heterocycles. The molecule has 218 valence electrons. The molecular formula is C32H43N7O2. The van der Waals surface area contributed by atoms with Crippen molar-refractivity contribution in [1.29, 1.82) is 0 Å². The van der Waals surface area contributed by atoms with Crippen molar-refractivity contribution in [2.24, 2.45) is 5.92 Å². The lowest BCUT2D eigenvalue weighted by Gasteiger charge is -2.41. The molecule has 1 fully saturated rings. The number of aryl methyl sites for hydroxylation is 3. The number of aromatic nitrogens is 4. The molecule has 1 N–H and O–H groups in total. The molecule has 0 aliphatic carbocycles. The van der Waals surface area contributed by atoms with Gasteiger partial charge in [-0.15, -0.1) is 10.2 Å². The molecule has 1 unspecified atom stereocenters. The maximum absolute atomic E-state index is 13.2. The predicted octanol–water partition coefficient (Wildman–Crippen LogP) is 4.05. The van der Waals surface area contributed by atoms with E-state index in [9.17, 15) is 9.59 Å². The summed E-state index contributed by atoms with van der Waals surface area (Å²) in [6.45, 7) is 14.0. The molecule has 1 atom stereocenters. The molecule has 0 spiro atoms. The second-order valence-electron chi connectivity index (χ2n) is 11.8. The highest BCUT2D eigenvalue weighted by atomic mass is 16.1. The number of carbonyl (C=O) groups excluding carboxylic acids is 1. The quantitative estimate of drug-likeness (QED) is 0.280. The summed E-state index contributed by atoms with van der Waals surface area (Å²) in [4.78, 5) is 30.9. The molecule has 1 amide bonds. The van der Waals surface area contributed by atoms with Crippen molar-refractivity contribution in [2.45, 2.75) is 66.0 Å². The first-order valence-electron chi connectivity index (χ1n) is 15.0. The van der Waals surface area contributed by atoms with Gasteiger partial charge in [-0.25, -0.2) is 0 Å². The zero-order valence-electron chi connectivity index (χ0n) is 24.8. The number of carbonyl (C=O) groups is 1. The maximum Gasteiger partial charge on any atom is 0.262 e. The van der Waals surface area contributed by atoms with Crippen LogP contribution in [0.5, 0.6) is 0 Å². The van der Waals surface area contributed by atoms with Gasteiger partial charge in [0.1, 0.15) is 5.82 Å². The van der Waals surface area contributed by atoms with Gasteiger partial charge >= 0.3 is 0 Å². The average molecular weight is 558 g/mol. The molecule has 1 aliphatic heterocycles. The Hall–Kier alpha value is -3.72. The zero-order chi connectivity index (χ0) is 28.9. The minimum Gasteiger partial charge on any atom is -0.366 e. The number of hydrogen-bond donors (Lipinski definition) is 1. The molecule has 5 rings (SSSR count). The highest BCUT2D eigenvalue weighted by Gasteiger charge is 2.23. The summed E-state index contributed by atoms with van der Waals surface area (Å²) >= 11 is 0. The molecule has 9 nitrogen and oxygen atoms in total. The molecule has 1 aliphatic rings. The Labute approximate surface area is 242 Å². The van der Waals surface area contributed by atoms with Crippen LogP contribution in [-0.4, -0.2) is 68.7 Å². The SMILES string of the molecule is Cc1cccc(N2CCN(CCCNC(=O)CCc3nnc4n(CCC(C)C)c(=O)c5ccccc5n34)CC2C)c1. The van der Waals surface area contributed by atoms with E-state index < -0.39 is 0 Å². The fraction of sp³-hybridized carbons (Fsp3) is 0.500. The second kappa shape index (κ2) is 12.9. The van der Waals surface area contributed by atoms with E-state index in [2.05, 4.69) is 77.3 Å². The summed E-state index contributed by atoms with van der Waals surface area (Å²) in [6, 6.07) is 16.8. The number of benzene rings is 2. The van der Waals surface area contributed by atoms with Gasteiger partial charge in [0, 0.05) is 57.3 Å². The van der Waals surface area contributed by atoms with Gasteiger partial charge < -0.3 is 10.2 Å². The van der Waals surface area contributed by atoms with Gasteiger partial charge in [-0.3, -0.25) is 23.5 Å². The Morgan fingerprint density at radius 2 is 1.90 bits per heavy atom. The van der Waals surface area contributed by atoms with Crippen LogP contribution in [0.1, 0.15) is 51.4 Å². The lowest BCUT2D eigenvalue weighted by molar-refractivity contribution is -0.121. The van der Waals surface area contributed by atoms with Gasteiger partial charge in [0.2, 0.25) is 11.7 Å². The number of piperazine rings is 1. The monoisotopic (exact) mass is 557 g/mol. The van der Waals surface area contributed by atoms with E-state index in [1.807, 2.05) is 28.7 Å². The fourth-order valence-corrected chi connectivity index (χ4v) is 5.84. The van der Waals surface area contributed by atoms with E-state index in [1.165, 1.54) is 11.3 Å². The van der Waals surface area contributed by atoms with Gasteiger partial charge in [-0.05, 0) is 69.0 Å². The summed E-state index contributed by atoms with van der Waals surface area (Å²) < 4.78 is 3.67. The molecule has 0 saturated carbocycles.